The van der Waals surface area contributed by atoms with Crippen LogP contribution in [0.15, 0.2) is 74.2 Å². The molecule has 0 aliphatic heterocycles. The number of amides is 2. The maximum atomic E-state index is 12.8. The van der Waals surface area contributed by atoms with Crippen LogP contribution in [0.4, 0.5) is 17.1 Å². The normalized spacial score (nSPS) is 10.7. The van der Waals surface area contributed by atoms with E-state index in [9.17, 15) is 19.7 Å². The first kappa shape index (κ1) is 19.4. The summed E-state index contributed by atoms with van der Waals surface area (Å²) in [5.41, 5.74) is 0.817. The van der Waals surface area contributed by atoms with Crippen molar-refractivity contribution < 1.29 is 23.3 Å². The number of para-hydroxylation sites is 1. The molecule has 0 aliphatic rings. The second-order valence-corrected chi connectivity index (χ2v) is 6.90. The van der Waals surface area contributed by atoms with Gasteiger partial charge in [0.05, 0.1) is 4.92 Å². The van der Waals surface area contributed by atoms with E-state index in [-0.39, 0.29) is 22.9 Å². The summed E-state index contributed by atoms with van der Waals surface area (Å²) in [6.45, 7) is 0. The third kappa shape index (κ3) is 3.80. The third-order valence-electron chi connectivity index (χ3n) is 4.17. The van der Waals surface area contributed by atoms with E-state index >= 15 is 0 Å². The number of fused-ring (bicyclic) bond motifs is 1. The Kier molecular flexibility index (Phi) is 5.07. The minimum atomic E-state index is -0.629. The SMILES string of the molecule is O=C(Nc1c(C(=O)Nc2ccc([N+](=O)[O-])cc2)oc2ccccc12)c1ccc(Br)o1. The molecule has 4 rings (SSSR count). The van der Waals surface area contributed by atoms with Gasteiger partial charge in [0.15, 0.2) is 10.4 Å². The molecule has 0 atom stereocenters. The number of carbonyl (C=O) groups excluding carboxylic acids is 2. The number of benzene rings is 2. The fourth-order valence-electron chi connectivity index (χ4n) is 2.80. The van der Waals surface area contributed by atoms with Crippen molar-refractivity contribution in [3.63, 3.8) is 0 Å². The number of hydrogen-bond donors (Lipinski definition) is 2. The molecule has 10 heteroatoms. The predicted molar refractivity (Wildman–Crippen MR) is 112 cm³/mol. The van der Waals surface area contributed by atoms with Crippen LogP contribution in [0.1, 0.15) is 21.1 Å². The average molecular weight is 470 g/mol. The molecule has 2 aromatic heterocycles. The van der Waals surface area contributed by atoms with Crippen LogP contribution < -0.4 is 10.6 Å². The smallest absolute Gasteiger partial charge is 0.293 e. The number of nitro benzene ring substituents is 1. The molecule has 0 saturated heterocycles. The number of nitrogens with zero attached hydrogens (tertiary/aromatic N) is 1. The van der Waals surface area contributed by atoms with Crippen LogP contribution >= 0.6 is 15.9 Å². The molecule has 150 valence electrons. The Morgan fingerprint density at radius 2 is 1.63 bits per heavy atom. The number of anilines is 2. The molecule has 2 amide bonds. The molecule has 0 saturated carbocycles. The topological polar surface area (TPSA) is 128 Å². The minimum absolute atomic E-state index is 0.0499. The molecule has 2 N–H and O–H groups in total. The highest BCUT2D eigenvalue weighted by Gasteiger charge is 2.24. The number of rotatable bonds is 5. The second kappa shape index (κ2) is 7.84. The lowest BCUT2D eigenvalue weighted by Gasteiger charge is -2.06. The van der Waals surface area contributed by atoms with E-state index in [0.29, 0.717) is 21.3 Å². The molecule has 9 nitrogen and oxygen atoms in total. The highest BCUT2D eigenvalue weighted by molar-refractivity contribution is 9.10. The Bertz CT molecular complexity index is 1280. The maximum Gasteiger partial charge on any atom is 0.293 e. The molecule has 0 spiro atoms. The Morgan fingerprint density at radius 3 is 2.30 bits per heavy atom. The molecule has 4 aromatic rings. The first-order valence-corrected chi connectivity index (χ1v) is 9.35. The van der Waals surface area contributed by atoms with E-state index in [0.717, 1.165) is 0 Å². The van der Waals surface area contributed by atoms with Crippen molar-refractivity contribution in [2.75, 3.05) is 10.6 Å². The van der Waals surface area contributed by atoms with E-state index in [1.54, 1.807) is 30.3 Å². The van der Waals surface area contributed by atoms with Gasteiger partial charge >= 0.3 is 0 Å². The summed E-state index contributed by atoms with van der Waals surface area (Å²) < 4.78 is 11.3. The van der Waals surface area contributed by atoms with Crippen LogP contribution in [0.3, 0.4) is 0 Å². The number of nitro groups is 1. The highest BCUT2D eigenvalue weighted by Crippen LogP contribution is 2.32. The summed E-state index contributed by atoms with van der Waals surface area (Å²) in [7, 11) is 0. The lowest BCUT2D eigenvalue weighted by molar-refractivity contribution is -0.384. The number of carbonyl (C=O) groups is 2. The largest absolute Gasteiger partial charge is 0.449 e. The summed E-state index contributed by atoms with van der Waals surface area (Å²) in [4.78, 5) is 35.6. The van der Waals surface area contributed by atoms with Crippen LogP contribution in [-0.2, 0) is 0 Å². The van der Waals surface area contributed by atoms with E-state index in [4.69, 9.17) is 8.83 Å². The van der Waals surface area contributed by atoms with Gasteiger partial charge in [-0.1, -0.05) is 12.1 Å². The summed E-state index contributed by atoms with van der Waals surface area (Å²) in [5, 5.41) is 16.6. The monoisotopic (exact) mass is 469 g/mol. The van der Waals surface area contributed by atoms with Gasteiger partial charge in [-0.3, -0.25) is 19.7 Å². The summed E-state index contributed by atoms with van der Waals surface area (Å²) in [6.07, 6.45) is 0. The zero-order chi connectivity index (χ0) is 21.3. The van der Waals surface area contributed by atoms with Crippen LogP contribution in [0.2, 0.25) is 0 Å². The number of non-ortho nitro benzene ring substituents is 1. The van der Waals surface area contributed by atoms with Crippen LogP contribution in [0.5, 0.6) is 0 Å². The Balaban J connectivity index is 1.66. The fraction of sp³-hybridized carbons (Fsp3) is 0. The summed E-state index contributed by atoms with van der Waals surface area (Å²) in [6, 6.07) is 15.2. The Hall–Kier alpha value is -3.92. The van der Waals surface area contributed by atoms with E-state index in [2.05, 4.69) is 26.6 Å². The average Bonchev–Trinajstić information content (AvgIpc) is 3.32. The van der Waals surface area contributed by atoms with Gasteiger partial charge in [-0.15, -0.1) is 0 Å². The second-order valence-electron chi connectivity index (χ2n) is 6.12. The zero-order valence-corrected chi connectivity index (χ0v) is 16.6. The Labute approximate surface area is 176 Å². The van der Waals surface area contributed by atoms with Gasteiger partial charge in [0.25, 0.3) is 17.5 Å². The molecule has 0 fully saturated rings. The highest BCUT2D eigenvalue weighted by atomic mass is 79.9. The third-order valence-corrected chi connectivity index (χ3v) is 4.60. The van der Waals surface area contributed by atoms with E-state index in [1.165, 1.54) is 30.3 Å². The van der Waals surface area contributed by atoms with Crippen molar-refractivity contribution >= 4 is 55.8 Å². The summed E-state index contributed by atoms with van der Waals surface area (Å²) in [5.74, 6) is -1.25. The van der Waals surface area contributed by atoms with Crippen molar-refractivity contribution in [3.05, 3.63) is 87.0 Å². The van der Waals surface area contributed by atoms with Crippen molar-refractivity contribution in [1.82, 2.24) is 0 Å². The van der Waals surface area contributed by atoms with Crippen LogP contribution in [0, 0.1) is 10.1 Å². The minimum Gasteiger partial charge on any atom is -0.449 e. The van der Waals surface area contributed by atoms with Gasteiger partial charge in [0.1, 0.15) is 11.3 Å². The number of furan rings is 2. The molecular formula is C20H12BrN3O6. The lowest BCUT2D eigenvalue weighted by atomic mass is 10.2. The van der Waals surface area contributed by atoms with Gasteiger partial charge in [-0.25, -0.2) is 0 Å². The van der Waals surface area contributed by atoms with Crippen molar-refractivity contribution in [1.29, 1.82) is 0 Å². The number of nitrogens with one attached hydrogen (secondary N) is 2. The van der Waals surface area contributed by atoms with Crippen molar-refractivity contribution in [3.8, 4) is 0 Å². The molecule has 30 heavy (non-hydrogen) atoms. The van der Waals surface area contributed by atoms with Gasteiger partial charge in [0.2, 0.25) is 5.76 Å². The summed E-state index contributed by atoms with van der Waals surface area (Å²) >= 11 is 3.14. The predicted octanol–water partition coefficient (Wildman–Crippen LogP) is 5.20. The first-order chi connectivity index (χ1) is 14.4. The van der Waals surface area contributed by atoms with Crippen LogP contribution in [0.25, 0.3) is 11.0 Å². The molecule has 0 aliphatic carbocycles. The molecular weight excluding hydrogens is 458 g/mol. The maximum absolute atomic E-state index is 12.8. The quantitative estimate of drug-likeness (QED) is 0.305. The van der Waals surface area contributed by atoms with Crippen LogP contribution in [-0.4, -0.2) is 16.7 Å². The van der Waals surface area contributed by atoms with Crippen molar-refractivity contribution in [2.24, 2.45) is 0 Å². The van der Waals surface area contributed by atoms with E-state index < -0.39 is 16.7 Å². The molecule has 2 heterocycles. The van der Waals surface area contributed by atoms with Gasteiger partial charge in [-0.05, 0) is 52.3 Å². The molecule has 0 unspecified atom stereocenters. The van der Waals surface area contributed by atoms with Gasteiger partial charge < -0.3 is 19.5 Å². The van der Waals surface area contributed by atoms with Crippen molar-refractivity contribution in [2.45, 2.75) is 0 Å². The van der Waals surface area contributed by atoms with E-state index in [1.807, 2.05) is 0 Å². The number of hydrogen-bond acceptors (Lipinski definition) is 6. The molecule has 0 radical (unpaired) electrons. The van der Waals surface area contributed by atoms with Gasteiger partial charge in [0, 0.05) is 23.2 Å². The number of halogens is 1. The first-order valence-electron chi connectivity index (χ1n) is 8.56. The zero-order valence-electron chi connectivity index (χ0n) is 15.0. The lowest BCUT2D eigenvalue weighted by Crippen LogP contribution is -2.16. The standard InChI is InChI=1S/C20H12BrN3O6/c21-16-10-9-15(29-16)19(25)23-17-13-3-1-2-4-14(13)30-18(17)20(26)22-11-5-7-12(8-6-11)24(27)28/h1-10H,(H,22,26)(H,23,25). The van der Waals surface area contributed by atoms with Gasteiger partial charge in [-0.2, -0.15) is 0 Å². The molecule has 0 bridgehead atoms. The Morgan fingerprint density at radius 1 is 0.900 bits per heavy atom. The molecule has 2 aromatic carbocycles. The fourth-order valence-corrected chi connectivity index (χ4v) is 3.10.